The summed E-state index contributed by atoms with van der Waals surface area (Å²) in [4.78, 5) is 9.21. The van der Waals surface area contributed by atoms with E-state index in [1.54, 1.807) is 20.3 Å². The van der Waals surface area contributed by atoms with Gasteiger partial charge in [0, 0.05) is 24.7 Å². The van der Waals surface area contributed by atoms with Crippen LogP contribution >= 0.6 is 0 Å². The summed E-state index contributed by atoms with van der Waals surface area (Å²) in [6.45, 7) is 4.92. The van der Waals surface area contributed by atoms with Gasteiger partial charge in [0.15, 0.2) is 11.5 Å². The number of rotatable bonds is 9. The molecule has 2 N–H and O–H groups in total. The lowest BCUT2D eigenvalue weighted by molar-refractivity contribution is 0.354. The summed E-state index contributed by atoms with van der Waals surface area (Å²) >= 11 is 0. The average Bonchev–Trinajstić information content (AvgIpc) is 2.76. The maximum atomic E-state index is 5.37. The fraction of sp³-hybridized carbons (Fsp3) is 0.182. The second-order valence-corrected chi connectivity index (χ2v) is 6.04. The molecular weight excluding hydrogens is 352 g/mol. The van der Waals surface area contributed by atoms with Gasteiger partial charge in [0.2, 0.25) is 5.95 Å². The summed E-state index contributed by atoms with van der Waals surface area (Å²) in [5.74, 6) is 2.67. The predicted octanol–water partition coefficient (Wildman–Crippen LogP) is 4.37. The minimum atomic E-state index is 0.544. The van der Waals surface area contributed by atoms with Crippen LogP contribution in [0.25, 0.3) is 11.3 Å². The van der Waals surface area contributed by atoms with Gasteiger partial charge in [-0.2, -0.15) is 4.98 Å². The molecule has 0 unspecified atom stereocenters. The Hall–Kier alpha value is -3.54. The van der Waals surface area contributed by atoms with E-state index in [1.165, 1.54) is 0 Å². The highest BCUT2D eigenvalue weighted by Crippen LogP contribution is 2.28. The van der Waals surface area contributed by atoms with E-state index in [9.17, 15) is 0 Å². The van der Waals surface area contributed by atoms with Gasteiger partial charge in [-0.3, -0.25) is 0 Å². The first-order valence-corrected chi connectivity index (χ1v) is 8.97. The lowest BCUT2D eigenvalue weighted by Gasteiger charge is -2.12. The molecule has 0 amide bonds. The van der Waals surface area contributed by atoms with E-state index in [0.29, 0.717) is 30.5 Å². The molecule has 0 aliphatic carbocycles. The summed E-state index contributed by atoms with van der Waals surface area (Å²) in [6.07, 6.45) is 1.79. The van der Waals surface area contributed by atoms with Crippen molar-refractivity contribution in [3.05, 3.63) is 72.8 Å². The highest BCUT2D eigenvalue weighted by atomic mass is 16.5. The van der Waals surface area contributed by atoms with Crippen molar-refractivity contribution in [2.75, 3.05) is 31.4 Å². The highest BCUT2D eigenvalue weighted by Gasteiger charge is 2.08. The largest absolute Gasteiger partial charge is 0.493 e. The molecule has 0 aliphatic rings. The Morgan fingerprint density at radius 3 is 2.43 bits per heavy atom. The number of ether oxygens (including phenoxy) is 2. The van der Waals surface area contributed by atoms with Crippen molar-refractivity contribution in [3.8, 4) is 22.8 Å². The van der Waals surface area contributed by atoms with Gasteiger partial charge >= 0.3 is 0 Å². The van der Waals surface area contributed by atoms with E-state index in [2.05, 4.69) is 27.2 Å². The molecule has 0 spiro atoms. The smallest absolute Gasteiger partial charge is 0.225 e. The maximum Gasteiger partial charge on any atom is 0.225 e. The zero-order chi connectivity index (χ0) is 19.8. The molecule has 0 saturated heterocycles. The van der Waals surface area contributed by atoms with Crippen LogP contribution in [0.3, 0.4) is 0 Å². The molecule has 2 aromatic carbocycles. The van der Waals surface area contributed by atoms with Crippen molar-refractivity contribution in [3.63, 3.8) is 0 Å². The monoisotopic (exact) mass is 376 g/mol. The van der Waals surface area contributed by atoms with Crippen molar-refractivity contribution in [2.24, 2.45) is 0 Å². The third kappa shape index (κ3) is 4.79. The number of anilines is 2. The molecule has 3 rings (SSSR count). The first-order valence-electron chi connectivity index (χ1n) is 8.97. The quantitative estimate of drug-likeness (QED) is 0.541. The molecule has 0 atom stereocenters. The zero-order valence-corrected chi connectivity index (χ0v) is 16.1. The highest BCUT2D eigenvalue weighted by molar-refractivity contribution is 5.64. The minimum absolute atomic E-state index is 0.544. The molecule has 0 fully saturated rings. The summed E-state index contributed by atoms with van der Waals surface area (Å²) in [5, 5.41) is 6.52. The molecular formula is C22H24N4O2. The van der Waals surface area contributed by atoms with Gasteiger partial charge in [-0.15, -0.1) is 6.58 Å². The van der Waals surface area contributed by atoms with Gasteiger partial charge in [-0.05, 0) is 17.7 Å². The molecule has 6 nitrogen and oxygen atoms in total. The van der Waals surface area contributed by atoms with E-state index >= 15 is 0 Å². The maximum absolute atomic E-state index is 5.37. The number of hydrogen-bond acceptors (Lipinski definition) is 6. The molecule has 0 saturated carbocycles. The van der Waals surface area contributed by atoms with Crippen LogP contribution in [-0.4, -0.2) is 30.7 Å². The Bertz CT molecular complexity index is 929. The Labute approximate surface area is 165 Å². The lowest BCUT2D eigenvalue weighted by Crippen LogP contribution is -2.08. The molecule has 0 bridgehead atoms. The molecule has 6 heteroatoms. The Morgan fingerprint density at radius 2 is 1.71 bits per heavy atom. The van der Waals surface area contributed by atoms with Crippen LogP contribution in [0.15, 0.2) is 67.3 Å². The van der Waals surface area contributed by atoms with Gasteiger partial charge in [0.1, 0.15) is 5.82 Å². The number of benzene rings is 2. The molecule has 0 aliphatic heterocycles. The van der Waals surface area contributed by atoms with Crippen LogP contribution in [0.4, 0.5) is 11.8 Å². The molecule has 0 radical (unpaired) electrons. The van der Waals surface area contributed by atoms with Gasteiger partial charge < -0.3 is 20.1 Å². The third-order valence-corrected chi connectivity index (χ3v) is 4.12. The number of aromatic nitrogens is 2. The van der Waals surface area contributed by atoms with Crippen LogP contribution < -0.4 is 20.1 Å². The van der Waals surface area contributed by atoms with Crippen molar-refractivity contribution in [2.45, 2.75) is 6.54 Å². The van der Waals surface area contributed by atoms with Crippen LogP contribution in [0.5, 0.6) is 11.5 Å². The van der Waals surface area contributed by atoms with Crippen molar-refractivity contribution < 1.29 is 9.47 Å². The van der Waals surface area contributed by atoms with Crippen molar-refractivity contribution in [1.29, 1.82) is 0 Å². The van der Waals surface area contributed by atoms with Crippen LogP contribution in [0, 0.1) is 0 Å². The van der Waals surface area contributed by atoms with E-state index in [1.807, 2.05) is 54.6 Å². The first-order chi connectivity index (χ1) is 13.7. The van der Waals surface area contributed by atoms with Gasteiger partial charge in [0.05, 0.1) is 19.9 Å². The topological polar surface area (TPSA) is 68.3 Å². The normalized spacial score (nSPS) is 10.2. The molecule has 3 aromatic rings. The average molecular weight is 376 g/mol. The third-order valence-electron chi connectivity index (χ3n) is 4.12. The Morgan fingerprint density at radius 1 is 0.929 bits per heavy atom. The predicted molar refractivity (Wildman–Crippen MR) is 113 cm³/mol. The second kappa shape index (κ2) is 9.41. The number of hydrogen-bond donors (Lipinski definition) is 2. The minimum Gasteiger partial charge on any atom is -0.493 e. The fourth-order valence-corrected chi connectivity index (χ4v) is 2.72. The molecule has 1 aromatic heterocycles. The lowest BCUT2D eigenvalue weighted by atomic mass is 10.1. The van der Waals surface area contributed by atoms with Gasteiger partial charge in [-0.1, -0.05) is 42.5 Å². The van der Waals surface area contributed by atoms with E-state index in [-0.39, 0.29) is 0 Å². The van der Waals surface area contributed by atoms with Gasteiger partial charge in [0.25, 0.3) is 0 Å². The first kappa shape index (κ1) is 19.2. The SMILES string of the molecule is C=CCNc1cc(-c2ccccc2)nc(NCc2ccc(OC)c(OC)c2)n1. The summed E-state index contributed by atoms with van der Waals surface area (Å²) < 4.78 is 10.7. The van der Waals surface area contributed by atoms with Crippen molar-refractivity contribution in [1.82, 2.24) is 9.97 Å². The fourth-order valence-electron chi connectivity index (χ4n) is 2.72. The van der Waals surface area contributed by atoms with Crippen molar-refractivity contribution >= 4 is 11.8 Å². The van der Waals surface area contributed by atoms with Gasteiger partial charge in [-0.25, -0.2) is 4.98 Å². The van der Waals surface area contributed by atoms with E-state index < -0.39 is 0 Å². The summed E-state index contributed by atoms with van der Waals surface area (Å²) in [5.41, 5.74) is 2.91. The molecule has 144 valence electrons. The Balaban J connectivity index is 1.83. The zero-order valence-electron chi connectivity index (χ0n) is 16.1. The summed E-state index contributed by atoms with van der Waals surface area (Å²) in [7, 11) is 3.25. The molecule has 1 heterocycles. The van der Waals surface area contributed by atoms with E-state index in [0.717, 1.165) is 22.6 Å². The molecule has 28 heavy (non-hydrogen) atoms. The van der Waals surface area contributed by atoms with E-state index in [4.69, 9.17) is 9.47 Å². The summed E-state index contributed by atoms with van der Waals surface area (Å²) in [6, 6.07) is 17.7. The standard InChI is InChI=1S/C22H24N4O2/c1-4-12-23-21-14-18(17-8-6-5-7-9-17)25-22(26-21)24-15-16-10-11-19(27-2)20(13-16)28-3/h4-11,13-14H,1,12,15H2,2-3H3,(H2,23,24,25,26). The number of nitrogens with one attached hydrogen (secondary N) is 2. The second-order valence-electron chi connectivity index (χ2n) is 6.04. The van der Waals surface area contributed by atoms with Crippen LogP contribution in [0.1, 0.15) is 5.56 Å². The Kier molecular flexibility index (Phi) is 6.46. The number of methoxy groups -OCH3 is 2. The van der Waals surface area contributed by atoms with Crippen LogP contribution in [0.2, 0.25) is 0 Å². The van der Waals surface area contributed by atoms with Crippen LogP contribution in [-0.2, 0) is 6.54 Å². The number of nitrogens with zero attached hydrogens (tertiary/aromatic N) is 2.